The summed E-state index contributed by atoms with van der Waals surface area (Å²) in [6, 6.07) is 9.31. The predicted octanol–water partition coefficient (Wildman–Crippen LogP) is 5.11. The lowest BCUT2D eigenvalue weighted by molar-refractivity contribution is -0.185. The van der Waals surface area contributed by atoms with Gasteiger partial charge in [-0.2, -0.15) is 13.2 Å². The Hall–Kier alpha value is -2.16. The van der Waals surface area contributed by atoms with Gasteiger partial charge in [0.25, 0.3) is 5.91 Å². The SMILES string of the molecule is O=C(Nc1ccc(N2CCN(C(=O)C(F)(F)F)CC2)c(Cl)c1)c1cc(Cl)ccc1Cl. The summed E-state index contributed by atoms with van der Waals surface area (Å²) in [5.41, 5.74) is 1.21. The number of carbonyl (C=O) groups is 2. The van der Waals surface area contributed by atoms with Crippen molar-refractivity contribution in [3.8, 4) is 0 Å². The van der Waals surface area contributed by atoms with Crippen LogP contribution >= 0.6 is 34.8 Å². The van der Waals surface area contributed by atoms with Crippen LogP contribution in [0.15, 0.2) is 36.4 Å². The number of hydrogen-bond acceptors (Lipinski definition) is 3. The van der Waals surface area contributed by atoms with Crippen molar-refractivity contribution < 1.29 is 22.8 Å². The topological polar surface area (TPSA) is 52.7 Å². The van der Waals surface area contributed by atoms with Crippen LogP contribution in [0.25, 0.3) is 0 Å². The normalized spacial score (nSPS) is 14.6. The summed E-state index contributed by atoms with van der Waals surface area (Å²) in [6.45, 7) is 0.261. The molecule has 1 aliphatic rings. The highest BCUT2D eigenvalue weighted by Gasteiger charge is 2.43. The first-order chi connectivity index (χ1) is 14.1. The molecule has 0 aliphatic carbocycles. The van der Waals surface area contributed by atoms with Gasteiger partial charge in [-0.25, -0.2) is 0 Å². The molecule has 5 nitrogen and oxygen atoms in total. The van der Waals surface area contributed by atoms with Gasteiger partial charge in [0.05, 0.1) is 21.3 Å². The first-order valence-electron chi connectivity index (χ1n) is 8.73. The second kappa shape index (κ2) is 8.91. The van der Waals surface area contributed by atoms with E-state index < -0.39 is 18.0 Å². The molecule has 1 fully saturated rings. The molecular weight excluding hydrogens is 466 g/mol. The van der Waals surface area contributed by atoms with Crippen LogP contribution in [0.1, 0.15) is 10.4 Å². The number of halogens is 6. The van der Waals surface area contributed by atoms with E-state index in [0.717, 1.165) is 4.90 Å². The van der Waals surface area contributed by atoms with Gasteiger partial charge >= 0.3 is 12.1 Å². The van der Waals surface area contributed by atoms with Crippen LogP contribution < -0.4 is 10.2 Å². The molecule has 0 unspecified atom stereocenters. The number of nitrogens with one attached hydrogen (secondary N) is 1. The van der Waals surface area contributed by atoms with E-state index in [4.69, 9.17) is 34.8 Å². The number of nitrogens with zero attached hydrogens (tertiary/aromatic N) is 2. The quantitative estimate of drug-likeness (QED) is 0.664. The van der Waals surface area contributed by atoms with Crippen molar-refractivity contribution in [1.82, 2.24) is 4.90 Å². The molecule has 0 spiro atoms. The second-order valence-corrected chi connectivity index (χ2v) is 7.77. The molecule has 30 heavy (non-hydrogen) atoms. The Morgan fingerprint density at radius 1 is 0.900 bits per heavy atom. The van der Waals surface area contributed by atoms with E-state index in [-0.39, 0.29) is 36.8 Å². The zero-order chi connectivity index (χ0) is 22.1. The molecule has 2 aromatic rings. The molecule has 0 radical (unpaired) electrons. The van der Waals surface area contributed by atoms with E-state index >= 15 is 0 Å². The lowest BCUT2D eigenvalue weighted by atomic mass is 10.2. The van der Waals surface area contributed by atoms with E-state index in [1.165, 1.54) is 18.2 Å². The molecule has 11 heteroatoms. The number of piperazine rings is 1. The van der Waals surface area contributed by atoms with Crippen molar-refractivity contribution in [2.45, 2.75) is 6.18 Å². The fourth-order valence-corrected chi connectivity index (χ4v) is 3.72. The van der Waals surface area contributed by atoms with Gasteiger partial charge in [-0.3, -0.25) is 9.59 Å². The second-order valence-electron chi connectivity index (χ2n) is 6.52. The highest BCUT2D eigenvalue weighted by molar-refractivity contribution is 6.36. The lowest BCUT2D eigenvalue weighted by Gasteiger charge is -2.36. The fourth-order valence-electron chi connectivity index (χ4n) is 3.04. The molecule has 0 atom stereocenters. The molecule has 0 bridgehead atoms. The summed E-state index contributed by atoms with van der Waals surface area (Å²) in [5, 5.41) is 3.58. The van der Waals surface area contributed by atoms with Crippen LogP contribution in [0.2, 0.25) is 15.1 Å². The van der Waals surface area contributed by atoms with Gasteiger partial charge in [-0.1, -0.05) is 34.8 Å². The van der Waals surface area contributed by atoms with E-state index in [1.54, 1.807) is 23.1 Å². The van der Waals surface area contributed by atoms with Crippen LogP contribution in [0.3, 0.4) is 0 Å². The minimum atomic E-state index is -4.88. The first kappa shape index (κ1) is 22.5. The number of carbonyl (C=O) groups excluding carboxylic acids is 2. The van der Waals surface area contributed by atoms with Gasteiger partial charge in [0.1, 0.15) is 0 Å². The largest absolute Gasteiger partial charge is 0.471 e. The lowest BCUT2D eigenvalue weighted by Crippen LogP contribution is -2.52. The van der Waals surface area contributed by atoms with E-state index in [9.17, 15) is 22.8 Å². The summed E-state index contributed by atoms with van der Waals surface area (Å²) >= 11 is 18.2. The average Bonchev–Trinajstić information content (AvgIpc) is 2.69. The van der Waals surface area contributed by atoms with E-state index in [2.05, 4.69) is 5.32 Å². The molecule has 1 saturated heterocycles. The number of amides is 2. The zero-order valence-electron chi connectivity index (χ0n) is 15.3. The van der Waals surface area contributed by atoms with Crippen molar-refractivity contribution >= 4 is 58.0 Å². The van der Waals surface area contributed by atoms with Crippen LogP contribution in [0.5, 0.6) is 0 Å². The number of hydrogen-bond donors (Lipinski definition) is 1. The zero-order valence-corrected chi connectivity index (χ0v) is 17.5. The highest BCUT2D eigenvalue weighted by Crippen LogP contribution is 2.31. The van der Waals surface area contributed by atoms with Gasteiger partial charge in [0.15, 0.2) is 0 Å². The summed E-state index contributed by atoms with van der Waals surface area (Å²) in [6.07, 6.45) is -4.88. The van der Waals surface area contributed by atoms with Gasteiger partial charge in [0, 0.05) is 36.9 Å². The molecule has 0 aromatic heterocycles. The average molecular weight is 481 g/mol. The van der Waals surface area contributed by atoms with Crippen LogP contribution in [0, 0.1) is 0 Å². The molecule has 0 saturated carbocycles. The summed E-state index contributed by atoms with van der Waals surface area (Å²) < 4.78 is 37.7. The van der Waals surface area contributed by atoms with Crippen molar-refractivity contribution in [2.75, 3.05) is 36.4 Å². The van der Waals surface area contributed by atoms with Gasteiger partial charge in [0.2, 0.25) is 0 Å². The minimum absolute atomic E-state index is 0.0690. The Morgan fingerprint density at radius 3 is 2.17 bits per heavy atom. The molecule has 2 amide bonds. The molecule has 1 heterocycles. The Balaban J connectivity index is 1.67. The Kier molecular flexibility index (Phi) is 6.69. The monoisotopic (exact) mass is 479 g/mol. The first-order valence-corrected chi connectivity index (χ1v) is 9.86. The Morgan fingerprint density at radius 2 is 1.57 bits per heavy atom. The van der Waals surface area contributed by atoms with Crippen LogP contribution in [0.4, 0.5) is 24.5 Å². The molecule has 1 aliphatic heterocycles. The van der Waals surface area contributed by atoms with Gasteiger partial charge in [-0.05, 0) is 36.4 Å². The fraction of sp³-hybridized carbons (Fsp3) is 0.263. The smallest absolute Gasteiger partial charge is 0.367 e. The van der Waals surface area contributed by atoms with Crippen LogP contribution in [-0.4, -0.2) is 49.1 Å². The summed E-state index contributed by atoms with van der Waals surface area (Å²) in [4.78, 5) is 26.3. The third-order valence-electron chi connectivity index (χ3n) is 4.53. The number of benzene rings is 2. The molecular formula is C19H15Cl3F3N3O2. The predicted molar refractivity (Wildman–Crippen MR) is 111 cm³/mol. The minimum Gasteiger partial charge on any atom is -0.367 e. The number of anilines is 2. The molecule has 160 valence electrons. The standard InChI is InChI=1S/C19H15Cl3F3N3O2/c20-11-1-3-14(21)13(9-11)17(29)26-12-2-4-16(15(22)10-12)27-5-7-28(8-6-27)18(30)19(23,24)25/h1-4,9-10H,5-8H2,(H,26,29). The number of rotatable bonds is 3. The van der Waals surface area contributed by atoms with E-state index in [1.807, 2.05) is 0 Å². The Labute approximate surface area is 185 Å². The maximum Gasteiger partial charge on any atom is 0.471 e. The van der Waals surface area contributed by atoms with Crippen molar-refractivity contribution in [3.05, 3.63) is 57.0 Å². The maximum atomic E-state index is 12.6. The van der Waals surface area contributed by atoms with Gasteiger partial charge < -0.3 is 15.1 Å². The summed E-state index contributed by atoms with van der Waals surface area (Å²) in [7, 11) is 0. The van der Waals surface area contributed by atoms with Crippen LogP contribution in [-0.2, 0) is 4.79 Å². The summed E-state index contributed by atoms with van der Waals surface area (Å²) in [5.74, 6) is -2.31. The molecule has 2 aromatic carbocycles. The van der Waals surface area contributed by atoms with Crippen molar-refractivity contribution in [3.63, 3.8) is 0 Å². The third kappa shape index (κ3) is 5.11. The number of alkyl halides is 3. The van der Waals surface area contributed by atoms with Crippen molar-refractivity contribution in [2.24, 2.45) is 0 Å². The van der Waals surface area contributed by atoms with Gasteiger partial charge in [-0.15, -0.1) is 0 Å². The highest BCUT2D eigenvalue weighted by atomic mass is 35.5. The maximum absolute atomic E-state index is 12.6. The molecule has 3 rings (SSSR count). The van der Waals surface area contributed by atoms with E-state index in [0.29, 0.717) is 21.4 Å². The van der Waals surface area contributed by atoms with Crippen molar-refractivity contribution in [1.29, 1.82) is 0 Å². The Bertz CT molecular complexity index is 977. The molecule has 1 N–H and O–H groups in total. The third-order valence-corrected chi connectivity index (χ3v) is 5.40.